The highest BCUT2D eigenvalue weighted by atomic mass is 16.7. The summed E-state index contributed by atoms with van der Waals surface area (Å²) >= 11 is 0. The van der Waals surface area contributed by atoms with Crippen molar-refractivity contribution in [1.82, 2.24) is 5.32 Å². The Hall–Kier alpha value is -0.930. The smallest absolute Gasteiger partial charge is 0.217 e. The van der Waals surface area contributed by atoms with Crippen LogP contribution in [0.2, 0.25) is 0 Å². The van der Waals surface area contributed by atoms with Gasteiger partial charge in [0.15, 0.2) is 12.6 Å². The van der Waals surface area contributed by atoms with Crippen LogP contribution in [0, 0.1) is 0 Å². The first kappa shape index (κ1) is 21.4. The maximum atomic E-state index is 11.2. The van der Waals surface area contributed by atoms with E-state index in [1.54, 1.807) is 0 Å². The summed E-state index contributed by atoms with van der Waals surface area (Å²) in [4.78, 5) is 11.2. The van der Waals surface area contributed by atoms with Gasteiger partial charge in [-0.05, 0) is 0 Å². The van der Waals surface area contributed by atoms with Gasteiger partial charge in [0.25, 0.3) is 0 Å². The molecule has 0 unspecified atom stereocenters. The number of nitrogens with one attached hydrogen (secondary N) is 1. The normalized spacial score (nSPS) is 46.8. The highest BCUT2D eigenvalue weighted by Crippen LogP contribution is 2.28. The van der Waals surface area contributed by atoms with Crippen molar-refractivity contribution >= 4 is 5.91 Å². The maximum Gasteiger partial charge on any atom is 0.217 e. The monoisotopic (exact) mass is 382 g/mol. The number of aliphatic hydroxyl groups excluding tert-OH is 6. The van der Waals surface area contributed by atoms with Gasteiger partial charge < -0.3 is 55.9 Å². The molecule has 2 aliphatic rings. The predicted octanol–water partition coefficient (Wildman–Crippen LogP) is -5.29. The summed E-state index contributed by atoms with van der Waals surface area (Å²) in [5.74, 6) is -0.544. The minimum absolute atomic E-state index is 0.544. The molecule has 0 saturated carbocycles. The molecule has 0 bridgehead atoms. The maximum absolute atomic E-state index is 11.2. The van der Waals surface area contributed by atoms with E-state index >= 15 is 0 Å². The Morgan fingerprint density at radius 3 is 2.19 bits per heavy atom. The highest BCUT2D eigenvalue weighted by molar-refractivity contribution is 5.73. The number of hydrogen-bond donors (Lipinski definition) is 8. The molecule has 12 nitrogen and oxygen atoms in total. The molecule has 0 aromatic heterocycles. The lowest BCUT2D eigenvalue weighted by Crippen LogP contribution is -2.68. The van der Waals surface area contributed by atoms with Crippen LogP contribution >= 0.6 is 0 Å². The molecule has 0 aromatic carbocycles. The molecule has 0 aromatic rings. The summed E-state index contributed by atoms with van der Waals surface area (Å²) in [7, 11) is 0. The molecule has 9 N–H and O–H groups in total. The van der Waals surface area contributed by atoms with Crippen LogP contribution in [-0.2, 0) is 19.0 Å². The fourth-order valence-electron chi connectivity index (χ4n) is 3.02. The fraction of sp³-hybridized carbons (Fsp3) is 0.929. The zero-order chi connectivity index (χ0) is 19.6. The van der Waals surface area contributed by atoms with Crippen LogP contribution < -0.4 is 11.1 Å². The molecule has 10 atom stereocenters. The Morgan fingerprint density at radius 1 is 1.04 bits per heavy atom. The minimum Gasteiger partial charge on any atom is -0.394 e. The van der Waals surface area contributed by atoms with Crippen LogP contribution in [0.25, 0.3) is 0 Å². The van der Waals surface area contributed by atoms with Crippen LogP contribution in [0.5, 0.6) is 0 Å². The number of nitrogens with two attached hydrogens (primary N) is 1. The Bertz CT molecular complexity index is 481. The van der Waals surface area contributed by atoms with Crippen LogP contribution in [0.3, 0.4) is 0 Å². The Balaban J connectivity index is 2.16. The molecule has 2 fully saturated rings. The van der Waals surface area contributed by atoms with Crippen LogP contribution in [0.1, 0.15) is 6.92 Å². The van der Waals surface area contributed by atoms with Gasteiger partial charge in [0.05, 0.1) is 19.3 Å². The van der Waals surface area contributed by atoms with Crippen molar-refractivity contribution < 1.29 is 49.6 Å². The quantitative estimate of drug-likeness (QED) is 0.225. The number of aliphatic hydroxyl groups is 6. The Labute approximate surface area is 149 Å². The lowest BCUT2D eigenvalue weighted by Gasteiger charge is -2.46. The van der Waals surface area contributed by atoms with Crippen molar-refractivity contribution in [3.05, 3.63) is 0 Å². The number of hydrogen-bond acceptors (Lipinski definition) is 11. The molecular formula is C14H26N2O10. The minimum atomic E-state index is -1.60. The molecule has 152 valence electrons. The topological polar surface area (TPSA) is 204 Å². The van der Waals surface area contributed by atoms with E-state index in [4.69, 9.17) is 19.9 Å². The zero-order valence-corrected chi connectivity index (χ0v) is 14.1. The van der Waals surface area contributed by atoms with Crippen LogP contribution in [-0.4, -0.2) is 111 Å². The van der Waals surface area contributed by atoms with Crippen LogP contribution in [0.15, 0.2) is 0 Å². The largest absolute Gasteiger partial charge is 0.394 e. The first-order chi connectivity index (χ1) is 12.2. The van der Waals surface area contributed by atoms with Crippen molar-refractivity contribution in [2.24, 2.45) is 5.73 Å². The number of amides is 1. The third-order valence-electron chi connectivity index (χ3n) is 4.47. The molecule has 0 aliphatic carbocycles. The van der Waals surface area contributed by atoms with Gasteiger partial charge >= 0.3 is 0 Å². The van der Waals surface area contributed by atoms with Crippen molar-refractivity contribution in [1.29, 1.82) is 0 Å². The molecular weight excluding hydrogens is 356 g/mol. The summed E-state index contributed by atoms with van der Waals surface area (Å²) in [6, 6.07) is -2.45. The third-order valence-corrected chi connectivity index (χ3v) is 4.47. The van der Waals surface area contributed by atoms with Gasteiger partial charge in [-0.2, -0.15) is 0 Å². The predicted molar refractivity (Wildman–Crippen MR) is 82.2 cm³/mol. The second kappa shape index (κ2) is 8.84. The molecule has 26 heavy (non-hydrogen) atoms. The van der Waals surface area contributed by atoms with E-state index in [0.29, 0.717) is 0 Å². The molecule has 12 heteroatoms. The van der Waals surface area contributed by atoms with Crippen molar-refractivity contribution in [3.63, 3.8) is 0 Å². The van der Waals surface area contributed by atoms with E-state index in [2.05, 4.69) is 5.32 Å². The van der Waals surface area contributed by atoms with Gasteiger partial charge in [-0.1, -0.05) is 0 Å². The third kappa shape index (κ3) is 4.31. The van der Waals surface area contributed by atoms with E-state index in [1.165, 1.54) is 6.92 Å². The average Bonchev–Trinajstić information content (AvgIpc) is 2.60. The fourth-order valence-corrected chi connectivity index (χ4v) is 3.02. The van der Waals surface area contributed by atoms with E-state index in [0.717, 1.165) is 0 Å². The van der Waals surface area contributed by atoms with E-state index in [1.807, 2.05) is 0 Å². The van der Waals surface area contributed by atoms with Crippen molar-refractivity contribution in [3.8, 4) is 0 Å². The number of carbonyl (C=O) groups excluding carboxylic acids is 1. The number of carbonyl (C=O) groups is 1. The van der Waals surface area contributed by atoms with Gasteiger partial charge in [-0.15, -0.1) is 0 Å². The number of ether oxygens (including phenoxy) is 3. The lowest BCUT2D eigenvalue weighted by molar-refractivity contribution is -0.333. The van der Waals surface area contributed by atoms with E-state index in [-0.39, 0.29) is 0 Å². The summed E-state index contributed by atoms with van der Waals surface area (Å²) in [6.07, 6.45) is -11.1. The summed E-state index contributed by atoms with van der Waals surface area (Å²) in [5.41, 5.74) is 5.69. The van der Waals surface area contributed by atoms with Gasteiger partial charge in [0, 0.05) is 6.92 Å². The van der Waals surface area contributed by atoms with Crippen molar-refractivity contribution in [2.45, 2.75) is 68.2 Å². The molecule has 2 aliphatic heterocycles. The molecule has 1 amide bonds. The summed E-state index contributed by atoms with van der Waals surface area (Å²) in [5, 5.41) is 61.3. The van der Waals surface area contributed by atoms with Gasteiger partial charge in [-0.3, -0.25) is 4.79 Å². The average molecular weight is 382 g/mol. The summed E-state index contributed by atoms with van der Waals surface area (Å²) < 4.78 is 15.9. The van der Waals surface area contributed by atoms with Gasteiger partial charge in [-0.25, -0.2) is 0 Å². The highest BCUT2D eigenvalue weighted by Gasteiger charge is 2.50. The molecule has 2 rings (SSSR count). The first-order valence-electron chi connectivity index (χ1n) is 8.14. The summed E-state index contributed by atoms with van der Waals surface area (Å²) in [6.45, 7) is -0.0674. The number of rotatable bonds is 5. The molecule has 2 saturated heterocycles. The second-order valence-electron chi connectivity index (χ2n) is 6.35. The van der Waals surface area contributed by atoms with Gasteiger partial charge in [0.1, 0.15) is 42.7 Å². The van der Waals surface area contributed by atoms with Crippen LogP contribution in [0.4, 0.5) is 0 Å². The molecule has 0 spiro atoms. The van der Waals surface area contributed by atoms with Gasteiger partial charge in [0.2, 0.25) is 5.91 Å². The van der Waals surface area contributed by atoms with Crippen molar-refractivity contribution in [2.75, 3.05) is 13.2 Å². The lowest BCUT2D eigenvalue weighted by atomic mass is 9.95. The first-order valence-corrected chi connectivity index (χ1v) is 8.14. The standard InChI is InChI=1S/C14H26N2O10/c1-4(19)16-8-11(22)12(6(3-18)24-13(8)23)26-14-10(21)7(15)9(20)5(2-17)25-14/h5-14,17-18,20-23H,2-3,15H2,1H3,(H,16,19)/t5-,6-,7+,8-,9+,10-,11-,12-,13-,14+/m1/s1. The molecule has 2 heterocycles. The Morgan fingerprint density at radius 2 is 1.65 bits per heavy atom. The SMILES string of the molecule is CC(=O)N[C@@H]1[C@@H](O)[C@H](O[C@@H]2O[C@H](CO)[C@H](O)[C@H](N)[C@H]2O)[C@@H](CO)O[C@H]1O. The zero-order valence-electron chi connectivity index (χ0n) is 14.1. The Kier molecular flexibility index (Phi) is 7.27. The second-order valence-corrected chi connectivity index (χ2v) is 6.35. The van der Waals surface area contributed by atoms with E-state index < -0.39 is 80.4 Å². The molecule has 0 radical (unpaired) electrons. The van der Waals surface area contributed by atoms with E-state index in [9.17, 15) is 35.4 Å².